The van der Waals surface area contributed by atoms with E-state index in [1.165, 1.54) is 0 Å². The van der Waals surface area contributed by atoms with E-state index in [1.54, 1.807) is 12.1 Å². The maximum atomic E-state index is 12.5. The van der Waals surface area contributed by atoms with Gasteiger partial charge in [-0.05, 0) is 42.3 Å². The Labute approximate surface area is 117 Å². The number of ketones is 1. The highest BCUT2D eigenvalue weighted by molar-refractivity contribution is 6.35. The molecular weight excluding hydrogens is 260 g/mol. The van der Waals surface area contributed by atoms with E-state index in [2.05, 4.69) is 0 Å². The third-order valence-electron chi connectivity index (χ3n) is 3.39. The molecule has 0 bridgehead atoms. The molecule has 0 fully saturated rings. The molecule has 0 saturated carbocycles. The van der Waals surface area contributed by atoms with Gasteiger partial charge in [-0.2, -0.15) is 0 Å². The Morgan fingerprint density at radius 1 is 1.26 bits per heavy atom. The summed E-state index contributed by atoms with van der Waals surface area (Å²) in [4.78, 5) is 12.5. The van der Waals surface area contributed by atoms with Gasteiger partial charge in [-0.3, -0.25) is 4.79 Å². The van der Waals surface area contributed by atoms with Crippen LogP contribution < -0.4 is 4.74 Å². The molecule has 1 aliphatic rings. The van der Waals surface area contributed by atoms with Crippen molar-refractivity contribution in [1.29, 1.82) is 0 Å². The lowest BCUT2D eigenvalue weighted by Gasteiger charge is -2.07. The van der Waals surface area contributed by atoms with Gasteiger partial charge in [-0.25, -0.2) is 0 Å². The average Bonchev–Trinajstić information content (AvgIpc) is 2.88. The van der Waals surface area contributed by atoms with Crippen LogP contribution in [0.1, 0.15) is 27.0 Å². The number of halogens is 1. The fourth-order valence-electron chi connectivity index (χ4n) is 2.31. The molecule has 3 heteroatoms. The normalized spacial score (nSPS) is 12.9. The van der Waals surface area contributed by atoms with Crippen molar-refractivity contribution in [2.24, 2.45) is 0 Å². The molecule has 3 rings (SSSR count). The Bertz CT molecular complexity index is 662. The highest BCUT2D eigenvalue weighted by Gasteiger charge is 2.18. The van der Waals surface area contributed by atoms with Crippen LogP contribution in [0.5, 0.6) is 5.75 Å². The predicted molar refractivity (Wildman–Crippen MR) is 75.3 cm³/mol. The van der Waals surface area contributed by atoms with E-state index >= 15 is 0 Å². The zero-order valence-corrected chi connectivity index (χ0v) is 11.3. The summed E-state index contributed by atoms with van der Waals surface area (Å²) < 4.78 is 5.44. The van der Waals surface area contributed by atoms with Gasteiger partial charge in [0.1, 0.15) is 5.75 Å². The zero-order valence-electron chi connectivity index (χ0n) is 10.6. The minimum Gasteiger partial charge on any atom is -0.493 e. The lowest BCUT2D eigenvalue weighted by molar-refractivity contribution is 0.103. The summed E-state index contributed by atoms with van der Waals surface area (Å²) in [7, 11) is 0. The number of aryl methyl sites for hydroxylation is 1. The van der Waals surface area contributed by atoms with Crippen molar-refractivity contribution in [2.75, 3.05) is 6.61 Å². The minimum absolute atomic E-state index is 0.0385. The first-order chi connectivity index (χ1) is 9.16. The van der Waals surface area contributed by atoms with E-state index in [0.717, 1.165) is 23.3 Å². The fourth-order valence-corrected chi connectivity index (χ4v) is 2.52. The van der Waals surface area contributed by atoms with Gasteiger partial charge in [0.25, 0.3) is 0 Å². The zero-order chi connectivity index (χ0) is 13.4. The largest absolute Gasteiger partial charge is 0.493 e. The first-order valence-corrected chi connectivity index (χ1v) is 6.60. The van der Waals surface area contributed by atoms with Crippen molar-refractivity contribution >= 4 is 17.4 Å². The molecule has 19 heavy (non-hydrogen) atoms. The maximum absolute atomic E-state index is 12.5. The van der Waals surface area contributed by atoms with Crippen molar-refractivity contribution in [1.82, 2.24) is 0 Å². The van der Waals surface area contributed by atoms with Gasteiger partial charge in [0, 0.05) is 17.5 Å². The molecule has 0 saturated heterocycles. The number of hydrogen-bond donors (Lipinski definition) is 0. The summed E-state index contributed by atoms with van der Waals surface area (Å²) in [6, 6.07) is 11.1. The molecule has 0 unspecified atom stereocenters. The van der Waals surface area contributed by atoms with Gasteiger partial charge in [-0.15, -0.1) is 0 Å². The second-order valence-electron chi connectivity index (χ2n) is 4.69. The van der Waals surface area contributed by atoms with Crippen LogP contribution >= 0.6 is 11.6 Å². The molecule has 1 heterocycles. The summed E-state index contributed by atoms with van der Waals surface area (Å²) >= 11 is 6.21. The first-order valence-electron chi connectivity index (χ1n) is 6.22. The Morgan fingerprint density at radius 3 is 2.95 bits per heavy atom. The molecular formula is C16H13ClO2. The van der Waals surface area contributed by atoms with Crippen LogP contribution in [-0.2, 0) is 6.42 Å². The highest BCUT2D eigenvalue weighted by atomic mass is 35.5. The predicted octanol–water partition coefficient (Wildman–Crippen LogP) is 3.81. The van der Waals surface area contributed by atoms with Crippen LogP contribution in [0, 0.1) is 6.92 Å². The second kappa shape index (κ2) is 4.71. The Hall–Kier alpha value is -1.80. The summed E-state index contributed by atoms with van der Waals surface area (Å²) in [6.07, 6.45) is 0.859. The summed E-state index contributed by atoms with van der Waals surface area (Å²) in [6.45, 7) is 2.59. The number of rotatable bonds is 2. The Kier molecular flexibility index (Phi) is 3.03. The number of carbonyl (C=O) groups excluding carboxylic acids is 1. The molecule has 1 aliphatic heterocycles. The van der Waals surface area contributed by atoms with Gasteiger partial charge in [0.15, 0.2) is 5.78 Å². The van der Waals surface area contributed by atoms with Crippen LogP contribution in [0.15, 0.2) is 36.4 Å². The van der Waals surface area contributed by atoms with E-state index in [0.29, 0.717) is 22.8 Å². The van der Waals surface area contributed by atoms with Crippen molar-refractivity contribution in [2.45, 2.75) is 13.3 Å². The smallest absolute Gasteiger partial charge is 0.194 e. The first kappa shape index (κ1) is 12.2. The molecule has 0 N–H and O–H groups in total. The Morgan fingerprint density at radius 2 is 2.11 bits per heavy atom. The van der Waals surface area contributed by atoms with E-state index in [1.807, 2.05) is 31.2 Å². The van der Waals surface area contributed by atoms with Gasteiger partial charge in [-0.1, -0.05) is 23.7 Å². The molecule has 0 amide bonds. The molecule has 0 atom stereocenters. The van der Waals surface area contributed by atoms with Crippen molar-refractivity contribution < 1.29 is 9.53 Å². The highest BCUT2D eigenvalue weighted by Crippen LogP contribution is 2.28. The monoisotopic (exact) mass is 272 g/mol. The van der Waals surface area contributed by atoms with Crippen molar-refractivity contribution in [3.05, 3.63) is 63.7 Å². The standard InChI is InChI=1S/C16H13ClO2/c1-10-3-2-4-13(15(10)17)16(18)12-5-6-14-11(9-12)7-8-19-14/h2-6,9H,7-8H2,1H3. The topological polar surface area (TPSA) is 26.3 Å². The van der Waals surface area contributed by atoms with E-state index < -0.39 is 0 Å². The molecule has 2 aromatic rings. The lowest BCUT2D eigenvalue weighted by atomic mass is 9.99. The molecule has 96 valence electrons. The molecule has 0 spiro atoms. The molecule has 2 nitrogen and oxygen atoms in total. The quantitative estimate of drug-likeness (QED) is 0.777. The third-order valence-corrected chi connectivity index (χ3v) is 3.89. The van der Waals surface area contributed by atoms with Gasteiger partial charge >= 0.3 is 0 Å². The van der Waals surface area contributed by atoms with Crippen LogP contribution in [0.2, 0.25) is 5.02 Å². The lowest BCUT2D eigenvalue weighted by Crippen LogP contribution is -2.03. The minimum atomic E-state index is -0.0385. The summed E-state index contributed by atoms with van der Waals surface area (Å²) in [5.41, 5.74) is 3.23. The molecule has 0 aromatic heterocycles. The number of ether oxygens (including phenoxy) is 1. The number of fused-ring (bicyclic) bond motifs is 1. The van der Waals surface area contributed by atoms with Crippen molar-refractivity contribution in [3.8, 4) is 5.75 Å². The Balaban J connectivity index is 2.02. The summed E-state index contributed by atoms with van der Waals surface area (Å²) in [5.74, 6) is 0.843. The van der Waals surface area contributed by atoms with Crippen LogP contribution in [0.4, 0.5) is 0 Å². The second-order valence-corrected chi connectivity index (χ2v) is 5.06. The van der Waals surface area contributed by atoms with Crippen molar-refractivity contribution in [3.63, 3.8) is 0 Å². The van der Waals surface area contributed by atoms with Crippen LogP contribution in [0.3, 0.4) is 0 Å². The number of benzene rings is 2. The summed E-state index contributed by atoms with van der Waals surface area (Å²) in [5, 5.41) is 0.532. The average molecular weight is 273 g/mol. The molecule has 2 aromatic carbocycles. The van der Waals surface area contributed by atoms with E-state index in [9.17, 15) is 4.79 Å². The van der Waals surface area contributed by atoms with E-state index in [4.69, 9.17) is 16.3 Å². The third kappa shape index (κ3) is 2.13. The number of carbonyl (C=O) groups is 1. The SMILES string of the molecule is Cc1cccc(C(=O)c2ccc3c(c2)CCO3)c1Cl. The van der Waals surface area contributed by atoms with Gasteiger partial charge < -0.3 is 4.74 Å². The van der Waals surface area contributed by atoms with Crippen LogP contribution in [-0.4, -0.2) is 12.4 Å². The van der Waals surface area contributed by atoms with Gasteiger partial charge in [0.05, 0.1) is 11.6 Å². The fraction of sp³-hybridized carbons (Fsp3) is 0.188. The molecule has 0 radical (unpaired) electrons. The van der Waals surface area contributed by atoms with E-state index in [-0.39, 0.29) is 5.78 Å². The van der Waals surface area contributed by atoms with Gasteiger partial charge in [0.2, 0.25) is 0 Å². The molecule has 0 aliphatic carbocycles. The maximum Gasteiger partial charge on any atom is 0.194 e. The number of hydrogen-bond acceptors (Lipinski definition) is 2. The van der Waals surface area contributed by atoms with Crippen LogP contribution in [0.25, 0.3) is 0 Å².